The lowest BCUT2D eigenvalue weighted by Crippen LogP contribution is -2.54. The monoisotopic (exact) mass is 549 g/mol. The lowest BCUT2D eigenvalue weighted by Gasteiger charge is -2.34. The number of rotatable bonds is 11. The van der Waals surface area contributed by atoms with E-state index in [0.717, 1.165) is 38.4 Å². The van der Waals surface area contributed by atoms with E-state index in [2.05, 4.69) is 5.32 Å². The highest BCUT2D eigenvalue weighted by Crippen LogP contribution is 2.23. The van der Waals surface area contributed by atoms with E-state index >= 15 is 0 Å². The molecule has 0 radical (unpaired) electrons. The lowest BCUT2D eigenvalue weighted by atomic mass is 10.0. The van der Waals surface area contributed by atoms with Gasteiger partial charge in [0.2, 0.25) is 21.8 Å². The first-order valence-electron chi connectivity index (χ1n) is 13.1. The van der Waals surface area contributed by atoms with Gasteiger partial charge in [0.25, 0.3) is 0 Å². The minimum atomic E-state index is -3.80. The molecule has 8 heteroatoms. The van der Waals surface area contributed by atoms with Crippen molar-refractivity contribution >= 4 is 27.5 Å². The summed E-state index contributed by atoms with van der Waals surface area (Å²) in [6.07, 6.45) is 1.38. The van der Waals surface area contributed by atoms with Gasteiger partial charge in [-0.25, -0.2) is 8.42 Å². The summed E-state index contributed by atoms with van der Waals surface area (Å²) in [6.45, 7) is 9.28. The molecule has 1 atom stereocenters. The molecule has 208 valence electrons. The Bertz CT molecular complexity index is 1400. The molecule has 3 aromatic carbocycles. The Kier molecular flexibility index (Phi) is 9.92. The number of amides is 2. The molecule has 7 nitrogen and oxygen atoms in total. The number of anilines is 1. The number of hydrogen-bond acceptors (Lipinski definition) is 4. The van der Waals surface area contributed by atoms with E-state index in [1.807, 2.05) is 95.3 Å². The molecule has 0 bridgehead atoms. The quantitative estimate of drug-likeness (QED) is 0.380. The third kappa shape index (κ3) is 8.17. The zero-order chi connectivity index (χ0) is 28.7. The third-order valence-corrected chi connectivity index (χ3v) is 7.90. The van der Waals surface area contributed by atoms with Crippen molar-refractivity contribution < 1.29 is 18.0 Å². The Morgan fingerprint density at radius 2 is 1.49 bits per heavy atom. The van der Waals surface area contributed by atoms with Crippen LogP contribution in [0, 0.1) is 20.8 Å². The minimum Gasteiger partial charge on any atom is -0.352 e. The van der Waals surface area contributed by atoms with Crippen LogP contribution in [0.25, 0.3) is 0 Å². The van der Waals surface area contributed by atoms with Crippen LogP contribution < -0.4 is 9.62 Å². The van der Waals surface area contributed by atoms with Crippen LogP contribution in [-0.2, 0) is 32.6 Å². The van der Waals surface area contributed by atoms with Gasteiger partial charge in [-0.15, -0.1) is 0 Å². The van der Waals surface area contributed by atoms with Crippen LogP contribution >= 0.6 is 0 Å². The molecule has 0 aliphatic rings. The second-order valence-corrected chi connectivity index (χ2v) is 12.3. The summed E-state index contributed by atoms with van der Waals surface area (Å²) in [6, 6.07) is 21.6. The molecule has 1 N–H and O–H groups in total. The van der Waals surface area contributed by atoms with Crippen molar-refractivity contribution in [3.05, 3.63) is 101 Å². The molecule has 0 aliphatic carbocycles. The molecule has 2 amide bonds. The standard InChI is InChI=1S/C31H39N3O4S/c1-22(2)32-31(36)29(19-26-13-8-7-9-14-26)33(20-27-15-11-10-12-24(27)4)30(35)21-34(39(6,37)38)28-17-16-23(3)25(5)18-28/h7-18,22,29H,19-21H2,1-6H3,(H,32,36)/t29-/m0/s1. The molecule has 39 heavy (non-hydrogen) atoms. The van der Waals surface area contributed by atoms with Crippen molar-refractivity contribution in [2.45, 2.75) is 59.7 Å². The van der Waals surface area contributed by atoms with Gasteiger partial charge in [0.15, 0.2) is 0 Å². The van der Waals surface area contributed by atoms with E-state index in [4.69, 9.17) is 0 Å². The Labute approximate surface area is 232 Å². The van der Waals surface area contributed by atoms with Crippen LogP contribution in [0.15, 0.2) is 72.8 Å². The number of carbonyl (C=O) groups excluding carboxylic acids is 2. The van der Waals surface area contributed by atoms with Crippen molar-refractivity contribution in [1.29, 1.82) is 0 Å². The summed E-state index contributed by atoms with van der Waals surface area (Å²) >= 11 is 0. The molecule has 0 saturated carbocycles. The summed E-state index contributed by atoms with van der Waals surface area (Å²) in [7, 11) is -3.80. The highest BCUT2D eigenvalue weighted by Gasteiger charge is 2.33. The summed E-state index contributed by atoms with van der Waals surface area (Å²) < 4.78 is 26.9. The number of nitrogens with one attached hydrogen (secondary N) is 1. The fourth-order valence-electron chi connectivity index (χ4n) is 4.40. The molecule has 3 rings (SSSR count). The number of sulfonamides is 1. The van der Waals surface area contributed by atoms with Crippen LogP contribution in [-0.4, -0.2) is 50.0 Å². The van der Waals surface area contributed by atoms with Crippen LogP contribution in [0.3, 0.4) is 0 Å². The molecular weight excluding hydrogens is 510 g/mol. The average molecular weight is 550 g/mol. The first-order valence-corrected chi connectivity index (χ1v) is 14.9. The van der Waals surface area contributed by atoms with Crippen LogP contribution in [0.2, 0.25) is 0 Å². The zero-order valence-electron chi connectivity index (χ0n) is 23.6. The van der Waals surface area contributed by atoms with E-state index in [1.54, 1.807) is 12.1 Å². The second kappa shape index (κ2) is 12.9. The maximum absolute atomic E-state index is 14.1. The number of nitrogens with zero attached hydrogens (tertiary/aromatic N) is 2. The van der Waals surface area contributed by atoms with E-state index in [-0.39, 0.29) is 18.5 Å². The van der Waals surface area contributed by atoms with Crippen LogP contribution in [0.1, 0.15) is 41.7 Å². The summed E-state index contributed by atoms with van der Waals surface area (Å²) in [5, 5.41) is 2.96. The summed E-state index contributed by atoms with van der Waals surface area (Å²) in [5.41, 5.74) is 5.12. The van der Waals surface area contributed by atoms with Crippen molar-refractivity contribution in [2.24, 2.45) is 0 Å². The fraction of sp³-hybridized carbons (Fsp3) is 0.355. The van der Waals surface area contributed by atoms with Gasteiger partial charge in [-0.2, -0.15) is 0 Å². The van der Waals surface area contributed by atoms with Gasteiger partial charge in [0, 0.05) is 19.0 Å². The SMILES string of the molecule is Cc1ccc(N(CC(=O)N(Cc2ccccc2C)[C@@H](Cc2ccccc2)C(=O)NC(C)C)S(C)(=O)=O)cc1C. The predicted octanol–water partition coefficient (Wildman–Crippen LogP) is 4.54. The number of hydrogen-bond donors (Lipinski definition) is 1. The van der Waals surface area contributed by atoms with Gasteiger partial charge >= 0.3 is 0 Å². The van der Waals surface area contributed by atoms with Gasteiger partial charge in [0.05, 0.1) is 11.9 Å². The second-order valence-electron chi connectivity index (χ2n) is 10.4. The smallest absolute Gasteiger partial charge is 0.244 e. The number of aryl methyl sites for hydroxylation is 3. The fourth-order valence-corrected chi connectivity index (χ4v) is 5.24. The van der Waals surface area contributed by atoms with Crippen molar-refractivity contribution in [3.8, 4) is 0 Å². The van der Waals surface area contributed by atoms with E-state index in [0.29, 0.717) is 12.1 Å². The van der Waals surface area contributed by atoms with Gasteiger partial charge < -0.3 is 10.2 Å². The molecule has 0 unspecified atom stereocenters. The summed E-state index contributed by atoms with van der Waals surface area (Å²) in [4.78, 5) is 29.2. The topological polar surface area (TPSA) is 86.8 Å². The molecular formula is C31H39N3O4S. The van der Waals surface area contributed by atoms with Crippen molar-refractivity contribution in [3.63, 3.8) is 0 Å². The Morgan fingerprint density at radius 1 is 0.846 bits per heavy atom. The first kappa shape index (κ1) is 29.9. The van der Waals surface area contributed by atoms with E-state index in [1.165, 1.54) is 4.90 Å². The normalized spacial score (nSPS) is 12.2. The first-order chi connectivity index (χ1) is 18.4. The molecule has 0 aromatic heterocycles. The van der Waals surface area contributed by atoms with E-state index in [9.17, 15) is 18.0 Å². The molecule has 0 aliphatic heterocycles. The molecule has 0 spiro atoms. The lowest BCUT2D eigenvalue weighted by molar-refractivity contribution is -0.140. The van der Waals surface area contributed by atoms with Crippen molar-refractivity contribution in [2.75, 3.05) is 17.1 Å². The number of benzene rings is 3. The summed E-state index contributed by atoms with van der Waals surface area (Å²) in [5.74, 6) is -0.741. The maximum atomic E-state index is 14.1. The molecule has 0 fully saturated rings. The van der Waals surface area contributed by atoms with Crippen LogP contribution in [0.4, 0.5) is 5.69 Å². The maximum Gasteiger partial charge on any atom is 0.244 e. The van der Waals surface area contributed by atoms with Gasteiger partial charge in [-0.1, -0.05) is 60.7 Å². The Hall–Kier alpha value is -3.65. The molecule has 0 heterocycles. The molecule has 0 saturated heterocycles. The van der Waals surface area contributed by atoms with Crippen molar-refractivity contribution in [1.82, 2.24) is 10.2 Å². The van der Waals surface area contributed by atoms with Gasteiger partial charge in [-0.3, -0.25) is 13.9 Å². The Balaban J connectivity index is 2.08. The highest BCUT2D eigenvalue weighted by atomic mass is 32.2. The minimum absolute atomic E-state index is 0.130. The van der Waals surface area contributed by atoms with Crippen LogP contribution in [0.5, 0.6) is 0 Å². The number of carbonyl (C=O) groups is 2. The zero-order valence-corrected chi connectivity index (χ0v) is 24.5. The Morgan fingerprint density at radius 3 is 2.08 bits per heavy atom. The third-order valence-electron chi connectivity index (χ3n) is 6.76. The predicted molar refractivity (Wildman–Crippen MR) is 157 cm³/mol. The highest BCUT2D eigenvalue weighted by molar-refractivity contribution is 7.92. The molecule has 3 aromatic rings. The largest absolute Gasteiger partial charge is 0.352 e. The van der Waals surface area contributed by atoms with E-state index < -0.39 is 28.5 Å². The average Bonchev–Trinajstić information content (AvgIpc) is 2.87. The van der Waals surface area contributed by atoms with Gasteiger partial charge in [0.1, 0.15) is 12.6 Å². The van der Waals surface area contributed by atoms with Gasteiger partial charge in [-0.05, 0) is 74.6 Å².